The van der Waals surface area contributed by atoms with Gasteiger partial charge in [-0.05, 0) is 56.2 Å². The standard InChI is InChI=1S/C20H27N5O2S/c1-3-24-9-7-18-12-17(13-21-20(18)24)11-16-5-4-8-25(10-6-16)28(26,27)19-14-23(2)15-22-19/h7,9,12-16H,3-6,8,10-11H2,1-2H3. The lowest BCUT2D eigenvalue weighted by molar-refractivity contribution is 0.409. The summed E-state index contributed by atoms with van der Waals surface area (Å²) >= 11 is 0. The molecule has 150 valence electrons. The van der Waals surface area contributed by atoms with Crippen LogP contribution in [0.25, 0.3) is 11.0 Å². The minimum atomic E-state index is -3.50. The van der Waals surface area contributed by atoms with E-state index in [1.807, 2.05) is 6.20 Å². The highest BCUT2D eigenvalue weighted by atomic mass is 32.2. The van der Waals surface area contributed by atoms with Crippen LogP contribution in [0.4, 0.5) is 0 Å². The van der Waals surface area contributed by atoms with E-state index in [1.54, 1.807) is 22.1 Å². The van der Waals surface area contributed by atoms with Crippen molar-refractivity contribution in [1.82, 2.24) is 23.4 Å². The first-order chi connectivity index (χ1) is 13.5. The molecule has 3 aromatic rings. The number of aromatic nitrogens is 4. The van der Waals surface area contributed by atoms with Gasteiger partial charge in [0.1, 0.15) is 5.65 Å². The lowest BCUT2D eigenvalue weighted by Gasteiger charge is -2.19. The highest BCUT2D eigenvalue weighted by Gasteiger charge is 2.29. The summed E-state index contributed by atoms with van der Waals surface area (Å²) in [7, 11) is -1.72. The zero-order chi connectivity index (χ0) is 19.7. The lowest BCUT2D eigenvalue weighted by Crippen LogP contribution is -2.32. The van der Waals surface area contributed by atoms with Crippen molar-refractivity contribution in [2.45, 2.75) is 44.2 Å². The Morgan fingerprint density at radius 2 is 2.07 bits per heavy atom. The number of hydrogen-bond donors (Lipinski definition) is 0. The Hall–Kier alpha value is -2.19. The maximum absolute atomic E-state index is 12.8. The van der Waals surface area contributed by atoms with Crippen molar-refractivity contribution >= 4 is 21.1 Å². The van der Waals surface area contributed by atoms with Gasteiger partial charge >= 0.3 is 0 Å². The van der Waals surface area contributed by atoms with Crippen LogP contribution in [0.5, 0.6) is 0 Å². The summed E-state index contributed by atoms with van der Waals surface area (Å²) in [5, 5.41) is 1.32. The summed E-state index contributed by atoms with van der Waals surface area (Å²) in [5.74, 6) is 0.469. The Kier molecular flexibility index (Phi) is 5.25. The fourth-order valence-corrected chi connectivity index (χ4v) is 5.52. The molecule has 1 aliphatic heterocycles. The largest absolute Gasteiger partial charge is 0.339 e. The second-order valence-electron chi connectivity index (χ2n) is 7.64. The summed E-state index contributed by atoms with van der Waals surface area (Å²) < 4.78 is 31.1. The number of imidazole rings is 1. The van der Waals surface area contributed by atoms with E-state index in [4.69, 9.17) is 0 Å². The van der Waals surface area contributed by atoms with Crippen LogP contribution < -0.4 is 0 Å². The molecule has 7 nitrogen and oxygen atoms in total. The molecule has 1 aliphatic rings. The molecule has 0 amide bonds. The SMILES string of the molecule is CCn1ccc2cc(CC3CCCN(S(=O)(=O)c4cn(C)cn4)CC3)cnc21. The molecule has 0 spiro atoms. The molecule has 1 unspecified atom stereocenters. The van der Waals surface area contributed by atoms with Crippen molar-refractivity contribution < 1.29 is 8.42 Å². The summed E-state index contributed by atoms with van der Waals surface area (Å²) in [6.07, 6.45) is 10.9. The van der Waals surface area contributed by atoms with Gasteiger partial charge in [-0.2, -0.15) is 4.31 Å². The van der Waals surface area contributed by atoms with Gasteiger partial charge in [0.15, 0.2) is 5.03 Å². The van der Waals surface area contributed by atoms with Crippen molar-refractivity contribution in [3.05, 3.63) is 42.6 Å². The third kappa shape index (κ3) is 3.71. The van der Waals surface area contributed by atoms with E-state index in [9.17, 15) is 8.42 Å². The smallest absolute Gasteiger partial charge is 0.262 e. The maximum Gasteiger partial charge on any atom is 0.262 e. The number of aryl methyl sites for hydroxylation is 2. The topological polar surface area (TPSA) is 73.0 Å². The predicted octanol–water partition coefficient (Wildman–Crippen LogP) is 2.82. The fraction of sp³-hybridized carbons (Fsp3) is 0.500. The van der Waals surface area contributed by atoms with Crippen LogP contribution in [0.3, 0.4) is 0 Å². The molecule has 1 atom stereocenters. The second-order valence-corrected chi connectivity index (χ2v) is 9.53. The average Bonchev–Trinajstić information content (AvgIpc) is 3.22. The molecular formula is C20H27N5O2S. The Bertz CT molecular complexity index is 1070. The number of hydrogen-bond acceptors (Lipinski definition) is 4. The van der Waals surface area contributed by atoms with Crippen molar-refractivity contribution in [2.24, 2.45) is 13.0 Å². The van der Waals surface area contributed by atoms with Gasteiger partial charge in [-0.15, -0.1) is 0 Å². The van der Waals surface area contributed by atoms with Gasteiger partial charge in [0.05, 0.1) is 6.33 Å². The van der Waals surface area contributed by atoms with Crippen LogP contribution >= 0.6 is 0 Å². The third-order valence-corrected chi connectivity index (χ3v) is 7.40. The van der Waals surface area contributed by atoms with Gasteiger partial charge < -0.3 is 9.13 Å². The van der Waals surface area contributed by atoms with Crippen molar-refractivity contribution in [2.75, 3.05) is 13.1 Å². The fourth-order valence-electron chi connectivity index (χ4n) is 4.06. The minimum absolute atomic E-state index is 0.142. The molecule has 4 heterocycles. The minimum Gasteiger partial charge on any atom is -0.339 e. The normalized spacial score (nSPS) is 19.1. The first-order valence-electron chi connectivity index (χ1n) is 9.89. The molecule has 8 heteroatoms. The second kappa shape index (κ2) is 7.67. The predicted molar refractivity (Wildman–Crippen MR) is 108 cm³/mol. The Labute approximate surface area is 166 Å². The van der Waals surface area contributed by atoms with Crippen molar-refractivity contribution in [3.63, 3.8) is 0 Å². The molecule has 0 aromatic carbocycles. The number of nitrogens with zero attached hydrogens (tertiary/aromatic N) is 5. The molecule has 0 bridgehead atoms. The molecular weight excluding hydrogens is 374 g/mol. The van der Waals surface area contributed by atoms with E-state index < -0.39 is 10.0 Å². The monoisotopic (exact) mass is 401 g/mol. The molecule has 1 saturated heterocycles. The van der Waals surface area contributed by atoms with E-state index in [0.29, 0.717) is 19.0 Å². The highest BCUT2D eigenvalue weighted by molar-refractivity contribution is 7.89. The molecule has 0 aliphatic carbocycles. The molecule has 1 fully saturated rings. The van der Waals surface area contributed by atoms with Crippen LogP contribution in [-0.4, -0.2) is 44.9 Å². The Balaban J connectivity index is 1.44. The zero-order valence-electron chi connectivity index (χ0n) is 16.5. The summed E-state index contributed by atoms with van der Waals surface area (Å²) in [4.78, 5) is 8.68. The lowest BCUT2D eigenvalue weighted by atomic mass is 9.93. The van der Waals surface area contributed by atoms with Crippen LogP contribution in [0.2, 0.25) is 0 Å². The van der Waals surface area contributed by atoms with Crippen LogP contribution in [0.15, 0.2) is 42.1 Å². The van der Waals surface area contributed by atoms with Gasteiger partial charge in [0, 0.05) is 50.7 Å². The van der Waals surface area contributed by atoms with Gasteiger partial charge in [-0.25, -0.2) is 18.4 Å². The zero-order valence-corrected chi connectivity index (χ0v) is 17.3. The van der Waals surface area contributed by atoms with Gasteiger partial charge in [-0.3, -0.25) is 0 Å². The van der Waals surface area contributed by atoms with Gasteiger partial charge in [0.25, 0.3) is 10.0 Å². The maximum atomic E-state index is 12.8. The third-order valence-electron chi connectivity index (χ3n) is 5.61. The van der Waals surface area contributed by atoms with Crippen molar-refractivity contribution in [3.8, 4) is 0 Å². The van der Waals surface area contributed by atoms with Gasteiger partial charge in [0.2, 0.25) is 0 Å². The molecule has 0 N–H and O–H groups in total. The number of pyridine rings is 1. The highest BCUT2D eigenvalue weighted by Crippen LogP contribution is 2.26. The number of fused-ring (bicyclic) bond motifs is 1. The van der Waals surface area contributed by atoms with E-state index in [2.05, 4.69) is 39.8 Å². The summed E-state index contributed by atoms with van der Waals surface area (Å²) in [6.45, 7) is 4.14. The quantitative estimate of drug-likeness (QED) is 0.659. The first-order valence-corrected chi connectivity index (χ1v) is 11.3. The summed E-state index contributed by atoms with van der Waals surface area (Å²) in [6, 6.07) is 4.34. The summed E-state index contributed by atoms with van der Waals surface area (Å²) in [5.41, 5.74) is 2.26. The molecule has 0 radical (unpaired) electrons. The molecule has 28 heavy (non-hydrogen) atoms. The van der Waals surface area contributed by atoms with E-state index >= 15 is 0 Å². The number of sulfonamides is 1. The van der Waals surface area contributed by atoms with Crippen LogP contribution in [0.1, 0.15) is 31.7 Å². The van der Waals surface area contributed by atoms with E-state index in [0.717, 1.165) is 37.9 Å². The van der Waals surface area contributed by atoms with Crippen LogP contribution in [0, 0.1) is 5.92 Å². The first kappa shape index (κ1) is 19.1. The Morgan fingerprint density at radius 1 is 1.21 bits per heavy atom. The molecule has 3 aromatic heterocycles. The molecule has 0 saturated carbocycles. The van der Waals surface area contributed by atoms with Crippen molar-refractivity contribution in [1.29, 1.82) is 0 Å². The van der Waals surface area contributed by atoms with Crippen LogP contribution in [-0.2, 0) is 30.0 Å². The van der Waals surface area contributed by atoms with E-state index in [1.165, 1.54) is 17.3 Å². The van der Waals surface area contributed by atoms with Gasteiger partial charge in [-0.1, -0.05) is 0 Å². The number of rotatable bonds is 5. The van der Waals surface area contributed by atoms with E-state index in [-0.39, 0.29) is 5.03 Å². The Morgan fingerprint density at radius 3 is 2.82 bits per heavy atom. The molecule has 4 rings (SSSR count). The average molecular weight is 402 g/mol.